The number of carbonyl (C=O) groups excluding carboxylic acids is 1. The van der Waals surface area contributed by atoms with E-state index in [9.17, 15) is 13.2 Å². The van der Waals surface area contributed by atoms with E-state index in [2.05, 4.69) is 22.3 Å². The number of hydrogen-bond acceptors (Lipinski definition) is 4. The molecule has 0 saturated carbocycles. The molecule has 7 heteroatoms. The van der Waals surface area contributed by atoms with E-state index in [1.54, 1.807) is 24.3 Å². The van der Waals surface area contributed by atoms with Gasteiger partial charge in [-0.1, -0.05) is 24.3 Å². The normalized spacial score (nSPS) is 21.2. The van der Waals surface area contributed by atoms with Gasteiger partial charge in [0.25, 0.3) is 0 Å². The molecule has 0 aliphatic carbocycles. The van der Waals surface area contributed by atoms with E-state index < -0.39 is 10.0 Å². The molecule has 1 aliphatic rings. The molecule has 2 aromatic carbocycles. The van der Waals surface area contributed by atoms with Crippen molar-refractivity contribution < 1.29 is 13.2 Å². The van der Waals surface area contributed by atoms with Crippen LogP contribution in [0.4, 0.5) is 5.69 Å². The summed E-state index contributed by atoms with van der Waals surface area (Å²) < 4.78 is 28.7. The number of nitrogens with one attached hydrogen (secondary N) is 3. The summed E-state index contributed by atoms with van der Waals surface area (Å²) >= 11 is 0. The maximum absolute atomic E-state index is 12.9. The zero-order valence-electron chi connectivity index (χ0n) is 14.4. The van der Waals surface area contributed by atoms with E-state index in [0.29, 0.717) is 22.5 Å². The van der Waals surface area contributed by atoms with Crippen molar-refractivity contribution in [2.45, 2.75) is 43.7 Å². The third-order valence-electron chi connectivity index (χ3n) is 4.43. The van der Waals surface area contributed by atoms with Crippen LogP contribution in [0.1, 0.15) is 26.7 Å². The lowest BCUT2D eigenvalue weighted by Gasteiger charge is -2.28. The molecule has 1 amide bonds. The van der Waals surface area contributed by atoms with Crippen LogP contribution in [0.3, 0.4) is 0 Å². The molecule has 134 valence electrons. The van der Waals surface area contributed by atoms with Gasteiger partial charge >= 0.3 is 0 Å². The fourth-order valence-corrected chi connectivity index (χ4v) is 4.82. The molecule has 6 nitrogen and oxygen atoms in total. The van der Waals surface area contributed by atoms with Gasteiger partial charge in [0.05, 0.1) is 4.90 Å². The molecule has 2 aromatic rings. The smallest absolute Gasteiger partial charge is 0.241 e. The van der Waals surface area contributed by atoms with Gasteiger partial charge in [-0.25, -0.2) is 13.1 Å². The highest BCUT2D eigenvalue weighted by Gasteiger charge is 2.26. The van der Waals surface area contributed by atoms with Crippen LogP contribution >= 0.6 is 0 Å². The highest BCUT2D eigenvalue weighted by atomic mass is 32.2. The highest BCUT2D eigenvalue weighted by Crippen LogP contribution is 2.30. The number of anilines is 1. The molecule has 0 radical (unpaired) electrons. The zero-order chi connectivity index (χ0) is 18.0. The van der Waals surface area contributed by atoms with Crippen LogP contribution in [0.25, 0.3) is 10.8 Å². The number of fused-ring (bicyclic) bond motifs is 1. The summed E-state index contributed by atoms with van der Waals surface area (Å²) in [4.78, 5) is 11.6. The maximum Gasteiger partial charge on any atom is 0.241 e. The summed E-state index contributed by atoms with van der Waals surface area (Å²) in [5, 5.41) is 7.38. The summed E-state index contributed by atoms with van der Waals surface area (Å²) in [7, 11) is -3.65. The molecule has 1 fully saturated rings. The predicted octanol–water partition coefficient (Wildman–Crippen LogP) is 2.22. The van der Waals surface area contributed by atoms with E-state index in [0.717, 1.165) is 19.4 Å². The summed E-state index contributed by atoms with van der Waals surface area (Å²) in [6, 6.07) is 10.6. The first kappa shape index (κ1) is 17.8. The lowest BCUT2D eigenvalue weighted by Crippen LogP contribution is -2.46. The topological polar surface area (TPSA) is 87.3 Å². The average molecular weight is 361 g/mol. The largest absolute Gasteiger partial charge is 0.326 e. The SMILES string of the molecule is CC(=O)Nc1ccc(S(=O)(=O)NC2CCNC(C)C2)c2ccccc12. The second-order valence-corrected chi connectivity index (χ2v) is 8.22. The Morgan fingerprint density at radius 1 is 1.16 bits per heavy atom. The molecule has 2 unspecified atom stereocenters. The van der Waals surface area contributed by atoms with Crippen LogP contribution in [0, 0.1) is 0 Å². The zero-order valence-corrected chi connectivity index (χ0v) is 15.2. The third-order valence-corrected chi connectivity index (χ3v) is 6.01. The molecule has 1 aliphatic heterocycles. The van der Waals surface area contributed by atoms with Crippen molar-refractivity contribution in [1.82, 2.24) is 10.0 Å². The van der Waals surface area contributed by atoms with E-state index in [4.69, 9.17) is 0 Å². The minimum Gasteiger partial charge on any atom is -0.326 e. The van der Waals surface area contributed by atoms with Crippen LogP contribution in [-0.4, -0.2) is 33.0 Å². The second kappa shape index (κ2) is 7.11. The average Bonchev–Trinajstić information content (AvgIpc) is 2.54. The Morgan fingerprint density at radius 3 is 2.56 bits per heavy atom. The molecule has 1 heterocycles. The van der Waals surface area contributed by atoms with Crippen molar-refractivity contribution in [3.05, 3.63) is 36.4 Å². The van der Waals surface area contributed by atoms with Crippen molar-refractivity contribution in [3.8, 4) is 0 Å². The predicted molar refractivity (Wildman–Crippen MR) is 99.1 cm³/mol. The fraction of sp³-hybridized carbons (Fsp3) is 0.389. The molecule has 0 bridgehead atoms. The van der Waals surface area contributed by atoms with Gasteiger partial charge in [0, 0.05) is 35.5 Å². The Bertz CT molecular complexity index is 896. The second-order valence-electron chi connectivity index (χ2n) is 6.54. The number of piperidine rings is 1. The van der Waals surface area contributed by atoms with Crippen molar-refractivity contribution in [2.75, 3.05) is 11.9 Å². The van der Waals surface area contributed by atoms with Crippen molar-refractivity contribution in [2.24, 2.45) is 0 Å². The first-order valence-electron chi connectivity index (χ1n) is 8.42. The summed E-state index contributed by atoms with van der Waals surface area (Å²) in [6.07, 6.45) is 1.53. The standard InChI is InChI=1S/C18H23N3O3S/c1-12-11-14(9-10-19-12)21-25(23,24)18-8-7-17(20-13(2)22)15-5-3-4-6-16(15)18/h3-8,12,14,19,21H,9-11H2,1-2H3,(H,20,22). The number of rotatable bonds is 4. The van der Waals surface area contributed by atoms with Gasteiger partial charge in [0.2, 0.25) is 15.9 Å². The molecule has 1 saturated heterocycles. The number of sulfonamides is 1. The number of hydrogen-bond donors (Lipinski definition) is 3. The minimum atomic E-state index is -3.65. The molecule has 3 rings (SSSR count). The Balaban J connectivity index is 1.98. The van der Waals surface area contributed by atoms with Gasteiger partial charge in [-0.15, -0.1) is 0 Å². The van der Waals surface area contributed by atoms with Gasteiger partial charge in [0.15, 0.2) is 0 Å². The van der Waals surface area contributed by atoms with Crippen LogP contribution in [0.15, 0.2) is 41.3 Å². The van der Waals surface area contributed by atoms with Crippen LogP contribution < -0.4 is 15.4 Å². The molecule has 3 N–H and O–H groups in total. The van der Waals surface area contributed by atoms with E-state index in [1.807, 2.05) is 12.1 Å². The maximum atomic E-state index is 12.9. The van der Waals surface area contributed by atoms with Gasteiger partial charge < -0.3 is 10.6 Å². The summed E-state index contributed by atoms with van der Waals surface area (Å²) in [5.74, 6) is -0.192. The monoisotopic (exact) mass is 361 g/mol. The lowest BCUT2D eigenvalue weighted by atomic mass is 10.0. The molecular weight excluding hydrogens is 338 g/mol. The molecule has 25 heavy (non-hydrogen) atoms. The van der Waals surface area contributed by atoms with E-state index in [-0.39, 0.29) is 16.8 Å². The van der Waals surface area contributed by atoms with Crippen molar-refractivity contribution in [1.29, 1.82) is 0 Å². The van der Waals surface area contributed by atoms with Gasteiger partial charge in [-0.05, 0) is 38.4 Å². The quantitative estimate of drug-likeness (QED) is 0.779. The van der Waals surface area contributed by atoms with Gasteiger partial charge in [-0.3, -0.25) is 4.79 Å². The number of benzene rings is 2. The van der Waals surface area contributed by atoms with Crippen LogP contribution in [0.2, 0.25) is 0 Å². The first-order chi connectivity index (χ1) is 11.9. The molecule has 0 spiro atoms. The highest BCUT2D eigenvalue weighted by molar-refractivity contribution is 7.89. The van der Waals surface area contributed by atoms with Crippen molar-refractivity contribution in [3.63, 3.8) is 0 Å². The Labute approximate surface area is 148 Å². The minimum absolute atomic E-state index is 0.0740. The molecular formula is C18H23N3O3S. The molecule has 0 aromatic heterocycles. The Hall–Kier alpha value is -1.96. The van der Waals surface area contributed by atoms with Gasteiger partial charge in [0.1, 0.15) is 0 Å². The van der Waals surface area contributed by atoms with Crippen LogP contribution in [0.5, 0.6) is 0 Å². The van der Waals surface area contributed by atoms with Crippen LogP contribution in [-0.2, 0) is 14.8 Å². The molecule has 2 atom stereocenters. The van der Waals surface area contributed by atoms with E-state index in [1.165, 1.54) is 6.92 Å². The third kappa shape index (κ3) is 4.00. The van der Waals surface area contributed by atoms with Crippen molar-refractivity contribution >= 4 is 32.4 Å². The first-order valence-corrected chi connectivity index (χ1v) is 9.90. The van der Waals surface area contributed by atoms with Gasteiger partial charge in [-0.2, -0.15) is 0 Å². The Kier molecular flexibility index (Phi) is 5.08. The Morgan fingerprint density at radius 2 is 1.88 bits per heavy atom. The number of amides is 1. The number of carbonyl (C=O) groups is 1. The summed E-state index contributed by atoms with van der Waals surface area (Å²) in [6.45, 7) is 4.29. The van der Waals surface area contributed by atoms with E-state index >= 15 is 0 Å². The lowest BCUT2D eigenvalue weighted by molar-refractivity contribution is -0.114. The fourth-order valence-electron chi connectivity index (χ4n) is 3.33. The summed E-state index contributed by atoms with van der Waals surface area (Å²) in [5.41, 5.74) is 0.609.